The summed E-state index contributed by atoms with van der Waals surface area (Å²) >= 11 is 0. The molecule has 0 unspecified atom stereocenters. The normalized spacial score (nSPS) is 16.2. The van der Waals surface area contributed by atoms with E-state index in [0.29, 0.717) is 0 Å². The zero-order chi connectivity index (χ0) is 13.8. The van der Waals surface area contributed by atoms with E-state index in [1.807, 2.05) is 26.0 Å². The Hall–Kier alpha value is -1.55. The lowest BCUT2D eigenvalue weighted by Gasteiger charge is -2.22. The van der Waals surface area contributed by atoms with Crippen molar-refractivity contribution >= 4 is 11.6 Å². The number of carbonyl (C=O) groups is 1. The Labute approximate surface area is 114 Å². The molecule has 1 aliphatic heterocycles. The van der Waals surface area contributed by atoms with Crippen molar-refractivity contribution in [1.82, 2.24) is 5.32 Å². The molecule has 0 spiro atoms. The summed E-state index contributed by atoms with van der Waals surface area (Å²) in [4.78, 5) is 12.2. The highest BCUT2D eigenvalue weighted by atomic mass is 16.5. The highest BCUT2D eigenvalue weighted by molar-refractivity contribution is 5.94. The zero-order valence-corrected chi connectivity index (χ0v) is 11.9. The van der Waals surface area contributed by atoms with Crippen LogP contribution in [0.3, 0.4) is 0 Å². The largest absolute Gasteiger partial charge is 0.495 e. The van der Waals surface area contributed by atoms with Gasteiger partial charge in [0.05, 0.1) is 12.8 Å². The second kappa shape index (κ2) is 6.06. The van der Waals surface area contributed by atoms with Crippen LogP contribution in [0.2, 0.25) is 0 Å². The van der Waals surface area contributed by atoms with E-state index in [2.05, 4.69) is 10.6 Å². The number of ether oxygens (including phenoxy) is 1. The van der Waals surface area contributed by atoms with Gasteiger partial charge < -0.3 is 15.4 Å². The topological polar surface area (TPSA) is 50.4 Å². The van der Waals surface area contributed by atoms with Crippen LogP contribution in [0.1, 0.15) is 24.0 Å². The molecule has 1 saturated heterocycles. The number of amides is 1. The number of carbonyl (C=O) groups excluding carboxylic acids is 1. The number of aryl methyl sites for hydroxylation is 2. The first kappa shape index (κ1) is 13.9. The highest BCUT2D eigenvalue weighted by Gasteiger charge is 2.21. The van der Waals surface area contributed by atoms with Crippen LogP contribution in [0, 0.1) is 19.8 Å². The highest BCUT2D eigenvalue weighted by Crippen LogP contribution is 2.29. The lowest BCUT2D eigenvalue weighted by atomic mass is 9.97. The molecule has 4 heteroatoms. The van der Waals surface area contributed by atoms with Gasteiger partial charge in [-0.1, -0.05) is 0 Å². The first-order valence-corrected chi connectivity index (χ1v) is 6.78. The fourth-order valence-electron chi connectivity index (χ4n) is 2.38. The van der Waals surface area contributed by atoms with Crippen molar-refractivity contribution < 1.29 is 9.53 Å². The Bertz CT molecular complexity index is 465. The van der Waals surface area contributed by atoms with Crippen molar-refractivity contribution in [1.29, 1.82) is 0 Å². The predicted molar refractivity (Wildman–Crippen MR) is 76.7 cm³/mol. The van der Waals surface area contributed by atoms with Crippen LogP contribution in [0.25, 0.3) is 0 Å². The van der Waals surface area contributed by atoms with Gasteiger partial charge in [0.1, 0.15) is 5.75 Å². The number of rotatable bonds is 3. The third-order valence-electron chi connectivity index (χ3n) is 3.78. The van der Waals surface area contributed by atoms with Crippen molar-refractivity contribution in [2.45, 2.75) is 26.7 Å². The van der Waals surface area contributed by atoms with Gasteiger partial charge in [0, 0.05) is 5.92 Å². The third kappa shape index (κ3) is 3.26. The third-order valence-corrected chi connectivity index (χ3v) is 3.78. The molecule has 0 aliphatic carbocycles. The fourth-order valence-corrected chi connectivity index (χ4v) is 2.38. The summed E-state index contributed by atoms with van der Waals surface area (Å²) in [7, 11) is 1.63. The number of nitrogens with one attached hydrogen (secondary N) is 2. The molecule has 19 heavy (non-hydrogen) atoms. The summed E-state index contributed by atoms with van der Waals surface area (Å²) in [5, 5.41) is 6.28. The smallest absolute Gasteiger partial charge is 0.227 e. The average molecular weight is 262 g/mol. The fraction of sp³-hybridized carbons (Fsp3) is 0.533. The molecule has 0 saturated carbocycles. The van der Waals surface area contributed by atoms with Gasteiger partial charge in [-0.2, -0.15) is 0 Å². The molecule has 0 radical (unpaired) electrons. The molecule has 0 atom stereocenters. The number of methoxy groups -OCH3 is 1. The first-order chi connectivity index (χ1) is 9.11. The van der Waals surface area contributed by atoms with Crippen LogP contribution >= 0.6 is 0 Å². The van der Waals surface area contributed by atoms with Gasteiger partial charge in [0.15, 0.2) is 0 Å². The average Bonchev–Trinajstić information content (AvgIpc) is 2.43. The molecule has 1 fully saturated rings. The number of anilines is 1. The molecule has 1 aromatic rings. The Balaban J connectivity index is 2.13. The second-order valence-corrected chi connectivity index (χ2v) is 5.15. The monoisotopic (exact) mass is 262 g/mol. The summed E-state index contributed by atoms with van der Waals surface area (Å²) in [6.07, 6.45) is 1.80. The minimum Gasteiger partial charge on any atom is -0.495 e. The number of piperidine rings is 1. The maximum atomic E-state index is 12.2. The Morgan fingerprint density at radius 3 is 2.53 bits per heavy atom. The standard InChI is InChI=1S/C15H22N2O2/c1-10-8-13(14(19-3)9-11(10)2)17-15(18)12-4-6-16-7-5-12/h8-9,12,16H,4-7H2,1-3H3,(H,17,18). The Morgan fingerprint density at radius 1 is 1.26 bits per heavy atom. The van der Waals surface area contributed by atoms with E-state index in [9.17, 15) is 4.79 Å². The number of hydrogen-bond donors (Lipinski definition) is 2. The molecule has 1 aromatic carbocycles. The molecule has 2 rings (SSSR count). The quantitative estimate of drug-likeness (QED) is 0.878. The van der Waals surface area contributed by atoms with Crippen molar-refractivity contribution in [2.24, 2.45) is 5.92 Å². The predicted octanol–water partition coefficient (Wildman–Crippen LogP) is 2.25. The van der Waals surface area contributed by atoms with Gasteiger partial charge in [0.2, 0.25) is 5.91 Å². The van der Waals surface area contributed by atoms with E-state index in [0.717, 1.165) is 48.5 Å². The molecular formula is C15H22N2O2. The minimum atomic E-state index is 0.100. The van der Waals surface area contributed by atoms with Gasteiger partial charge in [-0.25, -0.2) is 0 Å². The van der Waals surface area contributed by atoms with Gasteiger partial charge in [-0.05, 0) is 63.0 Å². The Kier molecular flexibility index (Phi) is 4.43. The summed E-state index contributed by atoms with van der Waals surface area (Å²) in [5.41, 5.74) is 3.09. The summed E-state index contributed by atoms with van der Waals surface area (Å²) in [6.45, 7) is 5.91. The van der Waals surface area contributed by atoms with Crippen molar-refractivity contribution in [3.8, 4) is 5.75 Å². The van der Waals surface area contributed by atoms with Crippen LogP contribution in [0.5, 0.6) is 5.75 Å². The lowest BCUT2D eigenvalue weighted by molar-refractivity contribution is -0.120. The summed E-state index contributed by atoms with van der Waals surface area (Å²) in [6, 6.07) is 3.94. The molecule has 104 valence electrons. The molecular weight excluding hydrogens is 240 g/mol. The molecule has 0 aromatic heterocycles. The van der Waals surface area contributed by atoms with Gasteiger partial charge in [-0.3, -0.25) is 4.79 Å². The van der Waals surface area contributed by atoms with E-state index in [1.165, 1.54) is 0 Å². The van der Waals surface area contributed by atoms with E-state index in [-0.39, 0.29) is 11.8 Å². The molecule has 2 N–H and O–H groups in total. The molecule has 4 nitrogen and oxygen atoms in total. The van der Waals surface area contributed by atoms with Crippen LogP contribution in [0.4, 0.5) is 5.69 Å². The van der Waals surface area contributed by atoms with Crippen molar-refractivity contribution in [2.75, 3.05) is 25.5 Å². The zero-order valence-electron chi connectivity index (χ0n) is 11.9. The summed E-state index contributed by atoms with van der Waals surface area (Å²) in [5.74, 6) is 0.931. The van der Waals surface area contributed by atoms with E-state index < -0.39 is 0 Å². The minimum absolute atomic E-state index is 0.100. The van der Waals surface area contributed by atoms with E-state index in [4.69, 9.17) is 4.74 Å². The second-order valence-electron chi connectivity index (χ2n) is 5.15. The number of benzene rings is 1. The van der Waals surface area contributed by atoms with Crippen molar-refractivity contribution in [3.05, 3.63) is 23.3 Å². The lowest BCUT2D eigenvalue weighted by Crippen LogP contribution is -2.34. The number of hydrogen-bond acceptors (Lipinski definition) is 3. The van der Waals surface area contributed by atoms with E-state index >= 15 is 0 Å². The van der Waals surface area contributed by atoms with Gasteiger partial charge >= 0.3 is 0 Å². The molecule has 1 amide bonds. The maximum Gasteiger partial charge on any atom is 0.227 e. The van der Waals surface area contributed by atoms with Crippen molar-refractivity contribution in [3.63, 3.8) is 0 Å². The van der Waals surface area contributed by atoms with Crippen LogP contribution in [-0.2, 0) is 4.79 Å². The first-order valence-electron chi connectivity index (χ1n) is 6.78. The maximum absolute atomic E-state index is 12.2. The van der Waals surface area contributed by atoms with Gasteiger partial charge in [-0.15, -0.1) is 0 Å². The van der Waals surface area contributed by atoms with Crippen LogP contribution in [-0.4, -0.2) is 26.1 Å². The Morgan fingerprint density at radius 2 is 1.89 bits per heavy atom. The van der Waals surface area contributed by atoms with E-state index in [1.54, 1.807) is 7.11 Å². The summed E-state index contributed by atoms with van der Waals surface area (Å²) < 4.78 is 5.34. The van der Waals surface area contributed by atoms with Crippen LogP contribution in [0.15, 0.2) is 12.1 Å². The molecule has 0 bridgehead atoms. The molecule has 1 aliphatic rings. The van der Waals surface area contributed by atoms with Crippen LogP contribution < -0.4 is 15.4 Å². The molecule has 1 heterocycles. The SMILES string of the molecule is COc1cc(C)c(C)cc1NC(=O)C1CCNCC1. The van der Waals surface area contributed by atoms with Gasteiger partial charge in [0.25, 0.3) is 0 Å².